The normalized spacial score (nSPS) is 11.8. The molecule has 0 atom stereocenters. The van der Waals surface area contributed by atoms with Gasteiger partial charge < -0.3 is 17.8 Å². The molecule has 5 heteroatoms. The highest BCUT2D eigenvalue weighted by atomic mass is 28.4. The highest BCUT2D eigenvalue weighted by molar-refractivity contribution is 6.75. The van der Waals surface area contributed by atoms with E-state index in [9.17, 15) is 0 Å². The molecule has 0 bridgehead atoms. The fourth-order valence-electron chi connectivity index (χ4n) is 2.23. The maximum Gasteiger partial charge on any atom is 0.536 e. The molecule has 0 aliphatic heterocycles. The number of hydrogen-bond donors (Lipinski definition) is 0. The molecule has 0 spiro atoms. The molecule has 0 amide bonds. The zero-order valence-electron chi connectivity index (χ0n) is 11.7. The average Bonchev–Trinajstić information content (AvgIpc) is 2.88. The van der Waals surface area contributed by atoms with Gasteiger partial charge in [-0.25, -0.2) is 0 Å². The van der Waals surface area contributed by atoms with Crippen LogP contribution in [0.3, 0.4) is 0 Å². The van der Waals surface area contributed by atoms with Crippen LogP contribution < -0.4 is 5.19 Å². The van der Waals surface area contributed by atoms with Crippen LogP contribution in [0.25, 0.3) is 11.3 Å². The lowest BCUT2D eigenvalue weighted by Crippen LogP contribution is -2.54. The minimum absolute atomic E-state index is 0.957. The first kappa shape index (κ1) is 14.0. The van der Waals surface area contributed by atoms with Gasteiger partial charge in [-0.2, -0.15) is 0 Å². The Labute approximate surface area is 114 Å². The van der Waals surface area contributed by atoms with Crippen LogP contribution in [0.15, 0.2) is 42.6 Å². The predicted molar refractivity (Wildman–Crippen MR) is 77.3 cm³/mol. The van der Waals surface area contributed by atoms with Crippen molar-refractivity contribution in [1.82, 2.24) is 4.57 Å². The summed E-state index contributed by atoms with van der Waals surface area (Å²) in [5.74, 6) is 0. The first-order valence-corrected chi connectivity index (χ1v) is 7.77. The van der Waals surface area contributed by atoms with Gasteiger partial charge in [0.05, 0.1) is 0 Å². The first-order chi connectivity index (χ1) is 9.16. The number of nitrogens with zero attached hydrogens (tertiary/aromatic N) is 1. The van der Waals surface area contributed by atoms with Crippen molar-refractivity contribution in [1.29, 1.82) is 0 Å². The molecule has 1 aromatic carbocycles. The van der Waals surface area contributed by atoms with E-state index in [1.165, 1.54) is 0 Å². The van der Waals surface area contributed by atoms with Gasteiger partial charge in [-0.15, -0.1) is 0 Å². The topological polar surface area (TPSA) is 32.6 Å². The summed E-state index contributed by atoms with van der Waals surface area (Å²) in [6, 6.07) is 12.2. The van der Waals surface area contributed by atoms with Crippen LogP contribution >= 0.6 is 0 Å². The molecule has 0 unspecified atom stereocenters. The number of benzene rings is 1. The molecule has 19 heavy (non-hydrogen) atoms. The molecule has 0 aliphatic rings. The monoisotopic (exact) mass is 277 g/mol. The van der Waals surface area contributed by atoms with Gasteiger partial charge in [0, 0.05) is 45.5 Å². The Morgan fingerprint density at radius 1 is 0.947 bits per heavy atom. The van der Waals surface area contributed by atoms with Crippen LogP contribution in [0.1, 0.15) is 0 Å². The summed E-state index contributed by atoms with van der Waals surface area (Å²) in [6.07, 6.45) is 2.02. The predicted octanol–water partition coefficient (Wildman–Crippen LogP) is 1.78. The minimum atomic E-state index is -2.76. The van der Waals surface area contributed by atoms with Crippen LogP contribution in [0.2, 0.25) is 0 Å². The summed E-state index contributed by atoms with van der Waals surface area (Å²) in [5.41, 5.74) is 2.26. The Morgan fingerprint density at radius 3 is 2.16 bits per heavy atom. The molecule has 1 aromatic heterocycles. The van der Waals surface area contributed by atoms with E-state index in [1.54, 1.807) is 21.3 Å². The Hall–Kier alpha value is -1.40. The molecular weight excluding hydrogens is 258 g/mol. The van der Waals surface area contributed by atoms with Crippen LogP contribution in [-0.2, 0) is 20.3 Å². The van der Waals surface area contributed by atoms with E-state index in [2.05, 4.69) is 22.8 Å². The third kappa shape index (κ3) is 2.50. The summed E-state index contributed by atoms with van der Waals surface area (Å²) in [5, 5.41) is 0.957. The number of rotatable bonds is 5. The van der Waals surface area contributed by atoms with Crippen molar-refractivity contribution in [2.24, 2.45) is 7.05 Å². The average molecular weight is 277 g/mol. The molecular formula is C14H19NO3Si. The van der Waals surface area contributed by atoms with E-state index < -0.39 is 8.80 Å². The maximum absolute atomic E-state index is 5.51. The van der Waals surface area contributed by atoms with E-state index in [-0.39, 0.29) is 0 Å². The first-order valence-electron chi connectivity index (χ1n) is 6.04. The Kier molecular flexibility index (Phi) is 4.21. The molecule has 0 aliphatic carbocycles. The molecule has 0 radical (unpaired) electrons. The van der Waals surface area contributed by atoms with Crippen LogP contribution in [-0.4, -0.2) is 34.7 Å². The highest BCUT2D eigenvalue weighted by Gasteiger charge is 2.40. The summed E-state index contributed by atoms with van der Waals surface area (Å²) in [6.45, 7) is 0. The van der Waals surface area contributed by atoms with Gasteiger partial charge in [0.15, 0.2) is 0 Å². The standard InChI is InChI=1S/C14H19NO3Si/c1-15-10-6-9-14(15)12-7-5-8-13(11-12)19(16-2,17-3)18-4/h5-11H,1-4H3. The smallest absolute Gasteiger partial charge is 0.373 e. The summed E-state index contributed by atoms with van der Waals surface area (Å²) < 4.78 is 18.6. The van der Waals surface area contributed by atoms with Crippen LogP contribution in [0, 0.1) is 0 Å². The van der Waals surface area contributed by atoms with Crippen molar-refractivity contribution < 1.29 is 13.3 Å². The lowest BCUT2D eigenvalue weighted by atomic mass is 10.1. The molecule has 102 valence electrons. The minimum Gasteiger partial charge on any atom is -0.373 e. The molecule has 0 N–H and O–H groups in total. The molecule has 4 nitrogen and oxygen atoms in total. The Bertz CT molecular complexity index is 541. The fraction of sp³-hybridized carbons (Fsp3) is 0.286. The zero-order valence-corrected chi connectivity index (χ0v) is 12.7. The second kappa shape index (κ2) is 5.71. The quantitative estimate of drug-likeness (QED) is 0.781. The van der Waals surface area contributed by atoms with Gasteiger partial charge in [0.2, 0.25) is 0 Å². The summed E-state index contributed by atoms with van der Waals surface area (Å²) >= 11 is 0. The van der Waals surface area contributed by atoms with Gasteiger partial charge in [-0.05, 0) is 23.8 Å². The molecule has 2 rings (SSSR count). The van der Waals surface area contributed by atoms with Crippen molar-refractivity contribution in [3.8, 4) is 11.3 Å². The van der Waals surface area contributed by atoms with Gasteiger partial charge in [-0.1, -0.05) is 18.2 Å². The number of hydrogen-bond acceptors (Lipinski definition) is 3. The molecule has 2 aromatic rings. The van der Waals surface area contributed by atoms with E-state index in [0.29, 0.717) is 0 Å². The van der Waals surface area contributed by atoms with E-state index in [4.69, 9.17) is 13.3 Å². The fourth-order valence-corrected chi connectivity index (χ4v) is 4.07. The van der Waals surface area contributed by atoms with Crippen molar-refractivity contribution in [3.05, 3.63) is 42.6 Å². The van der Waals surface area contributed by atoms with Gasteiger partial charge in [-0.3, -0.25) is 0 Å². The number of aryl methyl sites for hydroxylation is 1. The zero-order chi connectivity index (χ0) is 13.9. The second-order valence-electron chi connectivity index (χ2n) is 4.25. The largest absolute Gasteiger partial charge is 0.536 e. The summed E-state index contributed by atoms with van der Waals surface area (Å²) in [7, 11) is 4.12. The lowest BCUT2D eigenvalue weighted by Gasteiger charge is -2.24. The van der Waals surface area contributed by atoms with E-state index in [0.717, 1.165) is 16.4 Å². The van der Waals surface area contributed by atoms with Gasteiger partial charge in [0.1, 0.15) is 0 Å². The van der Waals surface area contributed by atoms with Crippen molar-refractivity contribution in [2.45, 2.75) is 0 Å². The Balaban J connectivity index is 2.48. The van der Waals surface area contributed by atoms with Crippen molar-refractivity contribution >= 4 is 14.0 Å². The molecule has 0 saturated heterocycles. The highest BCUT2D eigenvalue weighted by Crippen LogP contribution is 2.19. The van der Waals surface area contributed by atoms with Gasteiger partial charge in [0.25, 0.3) is 0 Å². The molecule has 0 fully saturated rings. The maximum atomic E-state index is 5.51. The third-order valence-electron chi connectivity index (χ3n) is 3.26. The Morgan fingerprint density at radius 2 is 1.63 bits per heavy atom. The third-order valence-corrected chi connectivity index (χ3v) is 5.89. The summed E-state index contributed by atoms with van der Waals surface area (Å²) in [4.78, 5) is 0. The van der Waals surface area contributed by atoms with Crippen molar-refractivity contribution in [3.63, 3.8) is 0 Å². The van der Waals surface area contributed by atoms with Crippen LogP contribution in [0.5, 0.6) is 0 Å². The number of aromatic nitrogens is 1. The van der Waals surface area contributed by atoms with E-state index in [1.807, 2.05) is 31.4 Å². The van der Waals surface area contributed by atoms with Crippen molar-refractivity contribution in [2.75, 3.05) is 21.3 Å². The molecule has 0 saturated carbocycles. The SMILES string of the molecule is CO[Si](OC)(OC)c1cccc(-c2cccn2C)c1. The van der Waals surface area contributed by atoms with Crippen LogP contribution in [0.4, 0.5) is 0 Å². The van der Waals surface area contributed by atoms with Gasteiger partial charge >= 0.3 is 8.80 Å². The lowest BCUT2D eigenvalue weighted by molar-refractivity contribution is 0.140. The molecule has 1 heterocycles. The van der Waals surface area contributed by atoms with E-state index >= 15 is 0 Å². The second-order valence-corrected chi connectivity index (χ2v) is 7.17.